The Morgan fingerprint density at radius 3 is 1.00 bits per heavy atom. The molecule has 5 aromatic heterocycles. The molecule has 410 valence electrons. The topological polar surface area (TPSA) is 45.5 Å². The maximum atomic E-state index is 5.43. The van der Waals surface area contributed by atoms with E-state index < -0.39 is 0 Å². The van der Waals surface area contributed by atoms with Gasteiger partial charge in [0.05, 0.1) is 55.5 Å². The van der Waals surface area contributed by atoms with E-state index in [1.54, 1.807) is 0 Å². The largest absolute Gasteiger partial charge is 0.309 e. The lowest BCUT2D eigenvalue weighted by molar-refractivity contribution is 1.16. The van der Waals surface area contributed by atoms with E-state index >= 15 is 0 Å². The first-order valence-electron chi connectivity index (χ1n) is 30.0. The first-order valence-corrected chi connectivity index (χ1v) is 30.0. The molecule has 0 atom stereocenters. The van der Waals surface area contributed by atoms with Crippen LogP contribution in [0.5, 0.6) is 0 Å². The van der Waals surface area contributed by atoms with Crippen molar-refractivity contribution in [3.8, 4) is 78.9 Å². The van der Waals surface area contributed by atoms with E-state index in [9.17, 15) is 0 Å². The number of hydrogen-bond acceptors (Lipinski definition) is 2. The minimum Gasteiger partial charge on any atom is -0.309 e. The van der Waals surface area contributed by atoms with Crippen molar-refractivity contribution in [3.05, 3.63) is 315 Å². The van der Waals surface area contributed by atoms with Crippen molar-refractivity contribution < 1.29 is 0 Å². The maximum absolute atomic E-state index is 5.43. The van der Waals surface area contributed by atoms with Gasteiger partial charge in [-0.25, -0.2) is 9.97 Å². The average molecular weight is 1120 g/mol. The lowest BCUT2D eigenvalue weighted by Gasteiger charge is -2.13. The molecule has 0 unspecified atom stereocenters. The molecule has 5 heterocycles. The zero-order valence-corrected chi connectivity index (χ0v) is 47.7. The van der Waals surface area contributed by atoms with Crippen molar-refractivity contribution in [1.29, 1.82) is 0 Å². The fraction of sp³-hybridized carbons (Fsp3) is 0. The van der Waals surface area contributed by atoms with Gasteiger partial charge >= 0.3 is 0 Å². The summed E-state index contributed by atoms with van der Waals surface area (Å²) >= 11 is 0. The highest BCUT2D eigenvalue weighted by Crippen LogP contribution is 2.42. The molecule has 0 aliphatic carbocycles. The molecule has 0 spiro atoms. The zero-order valence-electron chi connectivity index (χ0n) is 47.7. The van der Waals surface area contributed by atoms with Gasteiger partial charge < -0.3 is 18.3 Å². The summed E-state index contributed by atoms with van der Waals surface area (Å²) in [5.74, 6) is 0.659. The van der Waals surface area contributed by atoms with Crippen molar-refractivity contribution in [2.24, 2.45) is 0 Å². The summed E-state index contributed by atoms with van der Waals surface area (Å²) in [6.45, 7) is 0. The van der Waals surface area contributed by atoms with Gasteiger partial charge in [0.2, 0.25) is 0 Å². The Morgan fingerprint density at radius 2 is 0.500 bits per heavy atom. The molecule has 0 bridgehead atoms. The number of rotatable bonds is 9. The second kappa shape index (κ2) is 19.9. The van der Waals surface area contributed by atoms with Gasteiger partial charge in [-0.2, -0.15) is 0 Å². The molecular formula is C82H52N6. The second-order valence-electron chi connectivity index (χ2n) is 22.9. The van der Waals surface area contributed by atoms with Crippen LogP contribution < -0.4 is 0 Å². The number of hydrogen-bond donors (Lipinski definition) is 0. The third-order valence-corrected chi connectivity index (χ3v) is 18.0. The van der Waals surface area contributed by atoms with Gasteiger partial charge in [0, 0.05) is 82.5 Å². The Balaban J connectivity index is 0.729. The molecule has 6 heteroatoms. The van der Waals surface area contributed by atoms with Crippen molar-refractivity contribution in [2.45, 2.75) is 0 Å². The van der Waals surface area contributed by atoms with E-state index in [1.165, 1.54) is 76.3 Å². The van der Waals surface area contributed by atoms with Gasteiger partial charge in [-0.1, -0.05) is 188 Å². The Bertz CT molecular complexity index is 5790. The number of benzene rings is 13. The summed E-state index contributed by atoms with van der Waals surface area (Å²) < 4.78 is 9.56. The normalized spacial score (nSPS) is 11.9. The van der Waals surface area contributed by atoms with Crippen molar-refractivity contribution in [3.63, 3.8) is 0 Å². The molecule has 0 aliphatic rings. The van der Waals surface area contributed by atoms with E-state index in [2.05, 4.69) is 334 Å². The molecule has 18 rings (SSSR count). The SMILES string of the molecule is c1ccc(-c2cc(-c3cccc(-n4c5ccccc5c5ccc(-c6ccc7c(c6)c6ccccc6n7-c6ccccc6)cc54)c3)nc(-c3ccc(-n4c5ccccc5c5ccc(-c6ccc7c(c6)c6ccccc6n7-c6ccccc6)cc54)cc3)n2)cc1. The third kappa shape index (κ3) is 7.89. The molecule has 0 aliphatic heterocycles. The van der Waals surface area contributed by atoms with Gasteiger partial charge in [0.15, 0.2) is 5.82 Å². The number of para-hydroxylation sites is 6. The van der Waals surface area contributed by atoms with Crippen molar-refractivity contribution >= 4 is 87.2 Å². The van der Waals surface area contributed by atoms with Crippen LogP contribution in [0.2, 0.25) is 0 Å². The fourth-order valence-corrected chi connectivity index (χ4v) is 13.9. The van der Waals surface area contributed by atoms with Crippen LogP contribution in [0.15, 0.2) is 315 Å². The summed E-state index contributed by atoms with van der Waals surface area (Å²) in [6.07, 6.45) is 0. The van der Waals surface area contributed by atoms with Gasteiger partial charge in [0.1, 0.15) is 0 Å². The van der Waals surface area contributed by atoms with E-state index in [0.29, 0.717) is 5.82 Å². The Morgan fingerprint density at radius 1 is 0.170 bits per heavy atom. The minimum absolute atomic E-state index is 0.659. The Hall–Kier alpha value is -11.9. The van der Waals surface area contributed by atoms with E-state index in [0.717, 1.165) is 84.0 Å². The van der Waals surface area contributed by atoms with Crippen LogP contribution in [0.4, 0.5) is 0 Å². The summed E-state index contributed by atoms with van der Waals surface area (Å²) in [7, 11) is 0. The summed E-state index contributed by atoms with van der Waals surface area (Å²) in [6, 6.07) is 114. The van der Waals surface area contributed by atoms with Crippen LogP contribution in [0, 0.1) is 0 Å². The van der Waals surface area contributed by atoms with Crippen LogP contribution in [0.1, 0.15) is 0 Å². The van der Waals surface area contributed by atoms with Crippen molar-refractivity contribution in [1.82, 2.24) is 28.2 Å². The Kier molecular flexibility index (Phi) is 11.2. The van der Waals surface area contributed by atoms with Crippen LogP contribution in [0.3, 0.4) is 0 Å². The van der Waals surface area contributed by atoms with E-state index in [1.807, 2.05) is 0 Å². The minimum atomic E-state index is 0.659. The summed E-state index contributed by atoms with van der Waals surface area (Å²) in [5.41, 5.74) is 23.1. The number of nitrogens with zero attached hydrogens (tertiary/aromatic N) is 6. The smallest absolute Gasteiger partial charge is 0.160 e. The predicted octanol–water partition coefficient (Wildman–Crippen LogP) is 21.2. The molecule has 18 aromatic rings. The number of aromatic nitrogens is 6. The molecule has 0 N–H and O–H groups in total. The van der Waals surface area contributed by atoms with Crippen LogP contribution >= 0.6 is 0 Å². The van der Waals surface area contributed by atoms with Crippen molar-refractivity contribution in [2.75, 3.05) is 0 Å². The monoisotopic (exact) mass is 1120 g/mol. The summed E-state index contributed by atoms with van der Waals surface area (Å²) in [4.78, 5) is 10.7. The maximum Gasteiger partial charge on any atom is 0.160 e. The molecule has 0 saturated heterocycles. The first-order chi connectivity index (χ1) is 43.6. The van der Waals surface area contributed by atoms with Crippen LogP contribution in [-0.2, 0) is 0 Å². The second-order valence-corrected chi connectivity index (χ2v) is 22.9. The molecule has 88 heavy (non-hydrogen) atoms. The molecule has 0 radical (unpaired) electrons. The summed E-state index contributed by atoms with van der Waals surface area (Å²) in [5, 5.41) is 9.76. The molecular weight excluding hydrogens is 1070 g/mol. The highest BCUT2D eigenvalue weighted by atomic mass is 15.0. The van der Waals surface area contributed by atoms with Gasteiger partial charge in [-0.15, -0.1) is 0 Å². The quantitative estimate of drug-likeness (QED) is 0.145. The highest BCUT2D eigenvalue weighted by molar-refractivity contribution is 6.14. The molecule has 0 amide bonds. The standard InChI is InChI=1S/C82H52N6/c1-4-19-53(20-5-1)72-52-73(59-21-18-26-63(47-59)88-75-32-15-11-28-65(75)69-44-38-58(51-81(69)88)56-40-46-79-71(49-56)67-30-13-17-34-77(67)86(79)61-24-8-3-9-25-61)84-82(83-72)54-35-41-62(42-36-54)87-74-31-14-10-27-64(74)68-43-37-57(50-80(68)87)55-39-45-78-70(48-55)66-29-12-16-33-76(66)85(78)60-22-6-2-7-23-60/h1-52H. The molecule has 6 nitrogen and oxygen atoms in total. The molecule has 13 aromatic carbocycles. The zero-order chi connectivity index (χ0) is 57.8. The predicted molar refractivity (Wildman–Crippen MR) is 367 cm³/mol. The van der Waals surface area contributed by atoms with E-state index in [-0.39, 0.29) is 0 Å². The third-order valence-electron chi connectivity index (χ3n) is 18.0. The van der Waals surface area contributed by atoms with Crippen LogP contribution in [-0.4, -0.2) is 28.2 Å². The number of fused-ring (bicyclic) bond motifs is 12. The first kappa shape index (κ1) is 49.6. The van der Waals surface area contributed by atoms with Gasteiger partial charge in [-0.3, -0.25) is 0 Å². The van der Waals surface area contributed by atoms with Gasteiger partial charge in [-0.05, 0) is 150 Å². The molecule has 0 saturated carbocycles. The molecule has 0 fully saturated rings. The average Bonchev–Trinajstić information content (AvgIpc) is 3.68. The van der Waals surface area contributed by atoms with Gasteiger partial charge in [0.25, 0.3) is 0 Å². The fourth-order valence-electron chi connectivity index (χ4n) is 13.9. The Labute approximate surface area is 507 Å². The van der Waals surface area contributed by atoms with Crippen LogP contribution in [0.25, 0.3) is 166 Å². The lowest BCUT2D eigenvalue weighted by atomic mass is 10.0. The lowest BCUT2D eigenvalue weighted by Crippen LogP contribution is -1.98. The van der Waals surface area contributed by atoms with E-state index in [4.69, 9.17) is 9.97 Å². The highest BCUT2D eigenvalue weighted by Gasteiger charge is 2.21.